The van der Waals surface area contributed by atoms with Gasteiger partial charge in [-0.3, -0.25) is 9.35 Å². The van der Waals surface area contributed by atoms with Gasteiger partial charge in [0.15, 0.2) is 0 Å². The molecule has 8 nitrogen and oxygen atoms in total. The molecule has 0 aromatic rings. The second kappa shape index (κ2) is 9.29. The van der Waals surface area contributed by atoms with Crippen LogP contribution in [-0.4, -0.2) is 54.5 Å². The Labute approximate surface area is 204 Å². The van der Waals surface area contributed by atoms with Crippen LogP contribution in [0.3, 0.4) is 0 Å². The third-order valence-corrected chi connectivity index (χ3v) is 11.4. The summed E-state index contributed by atoms with van der Waals surface area (Å²) in [6, 6.07) is -0.767. The summed E-state index contributed by atoms with van der Waals surface area (Å²) in [4.78, 5) is 11.7. The van der Waals surface area contributed by atoms with Gasteiger partial charge in [0.25, 0.3) is 0 Å². The van der Waals surface area contributed by atoms with Crippen LogP contribution in [0.25, 0.3) is 0 Å². The number of esters is 1. The minimum absolute atomic E-state index is 0.0209. The summed E-state index contributed by atoms with van der Waals surface area (Å²) in [6.45, 7) is 6.75. The van der Waals surface area contributed by atoms with Crippen molar-refractivity contribution < 1.29 is 32.7 Å². The minimum atomic E-state index is -4.50. The molecular weight excluding hydrogens is 458 g/mol. The molecule has 0 saturated heterocycles. The first-order valence-corrected chi connectivity index (χ1v) is 14.4. The maximum atomic E-state index is 12.0. The lowest BCUT2D eigenvalue weighted by molar-refractivity contribution is -0.184. The van der Waals surface area contributed by atoms with Crippen LogP contribution in [0.2, 0.25) is 0 Å². The van der Waals surface area contributed by atoms with E-state index in [1.54, 1.807) is 0 Å². The molecule has 0 amide bonds. The number of hydrogen-bond donors (Lipinski definition) is 4. The van der Waals surface area contributed by atoms with E-state index in [2.05, 4.69) is 25.5 Å². The van der Waals surface area contributed by atoms with E-state index in [9.17, 15) is 28.0 Å². The molecule has 9 heteroatoms. The van der Waals surface area contributed by atoms with Crippen molar-refractivity contribution in [1.82, 2.24) is 4.72 Å². The van der Waals surface area contributed by atoms with Crippen LogP contribution in [0.4, 0.5) is 0 Å². The van der Waals surface area contributed by atoms with Crippen molar-refractivity contribution in [3.05, 3.63) is 0 Å². The summed E-state index contributed by atoms with van der Waals surface area (Å²) in [5.41, 5.74) is -0.191. The van der Waals surface area contributed by atoms with Crippen molar-refractivity contribution in [2.45, 2.75) is 96.8 Å². The van der Waals surface area contributed by atoms with Gasteiger partial charge < -0.3 is 14.9 Å². The number of aliphatic hydroxyl groups is 2. The molecule has 4 aliphatic rings. The fourth-order valence-corrected chi connectivity index (χ4v) is 9.86. The molecule has 196 valence electrons. The molecule has 0 spiro atoms. The van der Waals surface area contributed by atoms with Gasteiger partial charge in [-0.2, -0.15) is 13.1 Å². The SMILES string of the molecule is COC(=O)CC[C@@H](C)[C@H]1CC[C@H]2[C@@H]3[C@H](NS(=O)(=O)O)[C@H](O)[C@@H]4C[C@H](O)CC[C@]4(C)[C@H]3CCC12C. The van der Waals surface area contributed by atoms with E-state index in [-0.39, 0.29) is 40.5 Å². The van der Waals surface area contributed by atoms with E-state index in [0.717, 1.165) is 38.5 Å². The monoisotopic (exact) mass is 501 g/mol. The normalized spacial score (nSPS) is 47.3. The number of ether oxygens (including phenoxy) is 1. The molecule has 0 radical (unpaired) electrons. The Hall–Kier alpha value is -0.740. The predicted octanol–water partition coefficient (Wildman–Crippen LogP) is 2.94. The summed E-state index contributed by atoms with van der Waals surface area (Å²) >= 11 is 0. The van der Waals surface area contributed by atoms with Gasteiger partial charge in [-0.1, -0.05) is 20.8 Å². The van der Waals surface area contributed by atoms with E-state index >= 15 is 0 Å². The zero-order chi connectivity index (χ0) is 25.1. The summed E-state index contributed by atoms with van der Waals surface area (Å²) in [5.74, 6) is 0.694. The number of nitrogens with one attached hydrogen (secondary N) is 1. The maximum Gasteiger partial charge on any atom is 0.333 e. The lowest BCUT2D eigenvalue weighted by Gasteiger charge is -2.64. The standard InChI is InChI=1S/C25H43NO7S/c1-14(5-8-20(28)33-4)16-6-7-17-21-18(10-12-24(16,17)2)25(3)11-9-15(27)13-19(25)23(29)22(21)26-34(30,31)32/h14-19,21-23,26-27,29H,5-13H2,1-4H3,(H,30,31,32)/t14-,15-,16-,17+,18+,19+,21+,22+,23-,24?,25-/m1/s1. The van der Waals surface area contributed by atoms with Crippen LogP contribution in [0.15, 0.2) is 0 Å². The maximum absolute atomic E-state index is 12.0. The topological polar surface area (TPSA) is 133 Å². The quantitative estimate of drug-likeness (QED) is 0.325. The van der Waals surface area contributed by atoms with Crippen LogP contribution >= 0.6 is 0 Å². The first kappa shape index (κ1) is 26.3. The smallest absolute Gasteiger partial charge is 0.333 e. The van der Waals surface area contributed by atoms with Crippen LogP contribution in [0.1, 0.15) is 78.6 Å². The van der Waals surface area contributed by atoms with Crippen molar-refractivity contribution in [2.75, 3.05) is 7.11 Å². The lowest BCUT2D eigenvalue weighted by Crippen LogP contribution is -2.68. The van der Waals surface area contributed by atoms with Crippen molar-refractivity contribution >= 4 is 16.3 Å². The second-order valence-electron chi connectivity index (χ2n) is 12.3. The van der Waals surface area contributed by atoms with Crippen molar-refractivity contribution in [2.24, 2.45) is 46.3 Å². The number of rotatable bonds is 6. The van der Waals surface area contributed by atoms with E-state index in [4.69, 9.17) is 4.74 Å². The largest absolute Gasteiger partial charge is 0.469 e. The number of aliphatic hydroxyl groups excluding tert-OH is 2. The van der Waals surface area contributed by atoms with Gasteiger partial charge in [0, 0.05) is 6.42 Å². The summed E-state index contributed by atoms with van der Waals surface area (Å²) < 4.78 is 41.0. The Balaban J connectivity index is 1.66. The molecule has 11 atom stereocenters. The van der Waals surface area contributed by atoms with Gasteiger partial charge in [-0.15, -0.1) is 0 Å². The molecule has 0 aliphatic heterocycles. The number of methoxy groups -OCH3 is 1. The van der Waals surface area contributed by atoms with Crippen molar-refractivity contribution in [1.29, 1.82) is 0 Å². The molecule has 34 heavy (non-hydrogen) atoms. The van der Waals surface area contributed by atoms with Gasteiger partial charge in [-0.05, 0) is 97.7 Å². The van der Waals surface area contributed by atoms with Gasteiger partial charge >= 0.3 is 16.3 Å². The van der Waals surface area contributed by atoms with Gasteiger partial charge in [0.05, 0.1) is 25.4 Å². The molecule has 0 aromatic carbocycles. The molecule has 4 N–H and O–H groups in total. The van der Waals surface area contributed by atoms with E-state index in [0.29, 0.717) is 31.1 Å². The number of fused-ring (bicyclic) bond motifs is 5. The van der Waals surface area contributed by atoms with E-state index in [1.165, 1.54) is 7.11 Å². The highest BCUT2D eigenvalue weighted by molar-refractivity contribution is 7.83. The molecule has 1 unspecified atom stereocenters. The van der Waals surface area contributed by atoms with Gasteiger partial charge in [-0.25, -0.2) is 0 Å². The Morgan fingerprint density at radius 1 is 1.06 bits per heavy atom. The molecule has 0 heterocycles. The molecule has 0 bridgehead atoms. The molecule has 4 aliphatic carbocycles. The third kappa shape index (κ3) is 4.44. The van der Waals surface area contributed by atoms with Crippen LogP contribution in [-0.2, 0) is 19.8 Å². The predicted molar refractivity (Wildman–Crippen MR) is 127 cm³/mol. The molecule has 4 fully saturated rings. The Morgan fingerprint density at radius 2 is 1.71 bits per heavy atom. The zero-order valence-corrected chi connectivity index (χ0v) is 21.8. The number of carbonyl (C=O) groups excluding carboxylic acids is 1. The van der Waals surface area contributed by atoms with Gasteiger partial charge in [0.2, 0.25) is 0 Å². The fourth-order valence-electron chi connectivity index (χ4n) is 9.22. The number of carbonyl (C=O) groups is 1. The number of hydrogen-bond acceptors (Lipinski definition) is 6. The molecule has 0 aromatic heterocycles. The average Bonchev–Trinajstić information content (AvgIpc) is 3.12. The summed E-state index contributed by atoms with van der Waals surface area (Å²) in [5, 5.41) is 21.9. The molecule has 4 rings (SSSR count). The highest BCUT2D eigenvalue weighted by Gasteiger charge is 2.65. The van der Waals surface area contributed by atoms with Crippen molar-refractivity contribution in [3.63, 3.8) is 0 Å². The fraction of sp³-hybridized carbons (Fsp3) is 0.960. The average molecular weight is 502 g/mol. The second-order valence-corrected chi connectivity index (χ2v) is 13.4. The van der Waals surface area contributed by atoms with E-state index < -0.39 is 28.6 Å². The molecular formula is C25H43NO7S. The minimum Gasteiger partial charge on any atom is -0.469 e. The Bertz CT molecular complexity index is 880. The van der Waals surface area contributed by atoms with Crippen molar-refractivity contribution in [3.8, 4) is 0 Å². The summed E-state index contributed by atoms with van der Waals surface area (Å²) in [7, 11) is -3.09. The lowest BCUT2D eigenvalue weighted by atomic mass is 9.42. The third-order valence-electron chi connectivity index (χ3n) is 10.8. The summed E-state index contributed by atoms with van der Waals surface area (Å²) in [6.07, 6.45) is 5.63. The van der Waals surface area contributed by atoms with Crippen LogP contribution in [0.5, 0.6) is 0 Å². The Morgan fingerprint density at radius 3 is 2.35 bits per heavy atom. The van der Waals surface area contributed by atoms with Crippen LogP contribution in [0, 0.1) is 46.3 Å². The van der Waals surface area contributed by atoms with Gasteiger partial charge in [0.1, 0.15) is 0 Å². The molecule has 4 saturated carbocycles. The highest BCUT2D eigenvalue weighted by atomic mass is 32.2. The first-order valence-electron chi connectivity index (χ1n) is 13.0. The first-order chi connectivity index (χ1) is 15.8. The Kier molecular flexibility index (Phi) is 7.19. The zero-order valence-electron chi connectivity index (χ0n) is 20.9. The van der Waals surface area contributed by atoms with E-state index in [1.807, 2.05) is 0 Å². The highest BCUT2D eigenvalue weighted by Crippen LogP contribution is 2.68. The van der Waals surface area contributed by atoms with Crippen LogP contribution < -0.4 is 4.72 Å².